The van der Waals surface area contributed by atoms with E-state index in [0.717, 1.165) is 42.5 Å². The average molecular weight is 460 g/mol. The molecule has 3 aromatic heterocycles. The predicted molar refractivity (Wildman–Crippen MR) is 134 cm³/mol. The van der Waals surface area contributed by atoms with Crippen LogP contribution >= 0.6 is 0 Å². The van der Waals surface area contributed by atoms with Crippen molar-refractivity contribution in [1.29, 1.82) is 0 Å². The number of nitrogens with zero attached hydrogens (tertiary/aromatic N) is 4. The molecule has 5 rings (SSSR count). The lowest BCUT2D eigenvalue weighted by Crippen LogP contribution is -2.44. The molecule has 9 nitrogen and oxygen atoms in total. The van der Waals surface area contributed by atoms with E-state index in [0.29, 0.717) is 22.4 Å². The van der Waals surface area contributed by atoms with Crippen molar-refractivity contribution in [2.45, 2.75) is 45.6 Å². The van der Waals surface area contributed by atoms with Gasteiger partial charge in [0.25, 0.3) is 5.56 Å². The van der Waals surface area contributed by atoms with Crippen LogP contribution in [0.15, 0.2) is 47.5 Å². The van der Waals surface area contributed by atoms with Gasteiger partial charge in [-0.3, -0.25) is 10.2 Å². The lowest BCUT2D eigenvalue weighted by atomic mass is 10.1. The van der Waals surface area contributed by atoms with Gasteiger partial charge in [0.1, 0.15) is 11.3 Å². The fourth-order valence-electron chi connectivity index (χ4n) is 4.50. The number of H-pyrrole nitrogens is 1. The molecule has 1 saturated heterocycles. The van der Waals surface area contributed by atoms with E-state index >= 15 is 0 Å². The quantitative estimate of drug-likeness (QED) is 0.418. The van der Waals surface area contributed by atoms with Gasteiger partial charge in [0, 0.05) is 48.2 Å². The summed E-state index contributed by atoms with van der Waals surface area (Å²) in [5, 5.41) is 5.70. The Morgan fingerprint density at radius 2 is 1.91 bits per heavy atom. The van der Waals surface area contributed by atoms with Crippen LogP contribution in [0, 0.1) is 0 Å². The van der Waals surface area contributed by atoms with Crippen molar-refractivity contribution in [3.05, 3.63) is 53.1 Å². The summed E-state index contributed by atoms with van der Waals surface area (Å²) in [5.41, 5.74) is 6.34. The smallest absolute Gasteiger partial charge is 0.329 e. The average Bonchev–Trinajstić information content (AvgIpc) is 3.01. The van der Waals surface area contributed by atoms with Crippen LogP contribution < -0.4 is 16.3 Å². The normalized spacial score (nSPS) is 15.0. The lowest BCUT2D eigenvalue weighted by Gasteiger charge is -2.21. The molecule has 3 N–H and O–H groups in total. The van der Waals surface area contributed by atoms with Gasteiger partial charge in [-0.05, 0) is 57.0 Å². The summed E-state index contributed by atoms with van der Waals surface area (Å²) in [6.45, 7) is 5.86. The molecule has 4 heterocycles. The SMILES string of the molecule is CC(C)n1cc(-c2nc3ccc(NC(=O)NN4CCCCCC4)cc3[nH]c2=O)c2cccnc21. The Hall–Kier alpha value is -3.72. The third kappa shape index (κ3) is 4.38. The van der Waals surface area contributed by atoms with Crippen molar-refractivity contribution in [3.63, 3.8) is 0 Å². The monoisotopic (exact) mass is 459 g/mol. The predicted octanol–water partition coefficient (Wildman–Crippen LogP) is 4.43. The summed E-state index contributed by atoms with van der Waals surface area (Å²) in [6, 6.07) is 9.04. The minimum Gasteiger partial charge on any atom is -0.329 e. The number of anilines is 1. The fourth-order valence-corrected chi connectivity index (χ4v) is 4.50. The minimum atomic E-state index is -0.290. The molecule has 1 fully saturated rings. The van der Waals surface area contributed by atoms with Gasteiger partial charge >= 0.3 is 6.03 Å². The van der Waals surface area contributed by atoms with Gasteiger partial charge in [-0.2, -0.15) is 0 Å². The Bertz CT molecular complexity index is 1400. The Labute approximate surface area is 197 Å². The third-order valence-corrected chi connectivity index (χ3v) is 6.22. The molecule has 0 saturated carbocycles. The second kappa shape index (κ2) is 9.26. The molecular weight excluding hydrogens is 430 g/mol. The molecule has 1 aliphatic heterocycles. The van der Waals surface area contributed by atoms with Gasteiger partial charge in [0.2, 0.25) is 0 Å². The summed E-state index contributed by atoms with van der Waals surface area (Å²) >= 11 is 0. The first-order valence-corrected chi connectivity index (χ1v) is 11.8. The number of hydrogen-bond acceptors (Lipinski definition) is 5. The number of urea groups is 1. The van der Waals surface area contributed by atoms with Crippen LogP contribution in [0.4, 0.5) is 10.5 Å². The van der Waals surface area contributed by atoms with Gasteiger partial charge in [-0.1, -0.05) is 12.8 Å². The maximum Gasteiger partial charge on any atom is 0.333 e. The highest BCUT2D eigenvalue weighted by Crippen LogP contribution is 2.29. The number of aromatic amines is 1. The number of aromatic nitrogens is 4. The van der Waals surface area contributed by atoms with E-state index in [1.54, 1.807) is 24.4 Å². The van der Waals surface area contributed by atoms with Crippen molar-refractivity contribution in [2.75, 3.05) is 18.4 Å². The molecule has 1 aromatic carbocycles. The van der Waals surface area contributed by atoms with Crippen LogP contribution in [-0.4, -0.2) is 43.6 Å². The van der Waals surface area contributed by atoms with Gasteiger partial charge in [0.15, 0.2) is 0 Å². The van der Waals surface area contributed by atoms with Crippen LogP contribution in [0.3, 0.4) is 0 Å². The van der Waals surface area contributed by atoms with E-state index in [9.17, 15) is 9.59 Å². The zero-order chi connectivity index (χ0) is 23.7. The maximum atomic E-state index is 13.0. The molecule has 9 heteroatoms. The Morgan fingerprint density at radius 1 is 1.12 bits per heavy atom. The van der Waals surface area contributed by atoms with Crippen LogP contribution in [0.25, 0.3) is 33.3 Å². The molecule has 0 atom stereocenters. The van der Waals surface area contributed by atoms with E-state index in [2.05, 4.69) is 39.5 Å². The first-order valence-electron chi connectivity index (χ1n) is 11.8. The van der Waals surface area contributed by atoms with E-state index in [1.807, 2.05) is 27.9 Å². The first kappa shape index (κ1) is 22.1. The molecule has 0 bridgehead atoms. The molecule has 0 spiro atoms. The summed E-state index contributed by atoms with van der Waals surface area (Å²) in [7, 11) is 0. The van der Waals surface area contributed by atoms with Crippen molar-refractivity contribution in [1.82, 2.24) is 30.0 Å². The van der Waals surface area contributed by atoms with Gasteiger partial charge in [0.05, 0.1) is 11.0 Å². The highest BCUT2D eigenvalue weighted by Gasteiger charge is 2.18. The van der Waals surface area contributed by atoms with Crippen LogP contribution in [0.1, 0.15) is 45.6 Å². The number of hydrazine groups is 1. The molecule has 176 valence electrons. The standard InChI is InChI=1S/C25H29N7O2/c1-16(2)32-15-19(18-8-7-11-26-23(18)32)22-24(33)29-21-14-17(9-10-20(21)28-22)27-25(34)30-31-12-5-3-4-6-13-31/h7-11,14-16H,3-6,12-13H2,1-2H3,(H,29,33)(H2,27,30,34). The number of carbonyl (C=O) groups excluding carboxylic acids is 1. The van der Waals surface area contributed by atoms with Gasteiger partial charge in [-0.15, -0.1) is 0 Å². The largest absolute Gasteiger partial charge is 0.333 e. The lowest BCUT2D eigenvalue weighted by molar-refractivity contribution is 0.190. The minimum absolute atomic E-state index is 0.194. The number of hydrogen-bond donors (Lipinski definition) is 3. The summed E-state index contributed by atoms with van der Waals surface area (Å²) in [5.74, 6) is 0. The number of benzene rings is 1. The van der Waals surface area contributed by atoms with Crippen molar-refractivity contribution in [2.24, 2.45) is 0 Å². The van der Waals surface area contributed by atoms with Crippen LogP contribution in [0.5, 0.6) is 0 Å². The maximum absolute atomic E-state index is 13.0. The Balaban J connectivity index is 1.43. The van der Waals surface area contributed by atoms with E-state index in [1.165, 1.54) is 12.8 Å². The van der Waals surface area contributed by atoms with Gasteiger partial charge < -0.3 is 14.9 Å². The summed E-state index contributed by atoms with van der Waals surface area (Å²) in [4.78, 5) is 37.6. The zero-order valence-corrected chi connectivity index (χ0v) is 19.5. The van der Waals surface area contributed by atoms with Crippen LogP contribution in [0.2, 0.25) is 0 Å². The highest BCUT2D eigenvalue weighted by molar-refractivity contribution is 5.95. The molecule has 0 radical (unpaired) electrons. The number of fused-ring (bicyclic) bond motifs is 2. The number of pyridine rings is 1. The zero-order valence-electron chi connectivity index (χ0n) is 19.5. The number of carbonyl (C=O) groups is 1. The number of rotatable bonds is 4. The van der Waals surface area contributed by atoms with Crippen molar-refractivity contribution >= 4 is 33.8 Å². The number of nitrogens with one attached hydrogen (secondary N) is 3. The van der Waals surface area contributed by atoms with Crippen molar-refractivity contribution in [3.8, 4) is 11.3 Å². The topological polar surface area (TPSA) is 108 Å². The van der Waals surface area contributed by atoms with E-state index < -0.39 is 0 Å². The molecule has 0 aliphatic carbocycles. The van der Waals surface area contributed by atoms with Crippen molar-refractivity contribution < 1.29 is 4.79 Å². The van der Waals surface area contributed by atoms with E-state index in [4.69, 9.17) is 0 Å². The Morgan fingerprint density at radius 3 is 2.68 bits per heavy atom. The third-order valence-electron chi connectivity index (χ3n) is 6.22. The summed E-state index contributed by atoms with van der Waals surface area (Å²) in [6.07, 6.45) is 8.24. The fraction of sp³-hybridized carbons (Fsp3) is 0.360. The van der Waals surface area contributed by atoms with E-state index in [-0.39, 0.29) is 17.6 Å². The highest BCUT2D eigenvalue weighted by atomic mass is 16.2. The Kier molecular flexibility index (Phi) is 6.02. The van der Waals surface area contributed by atoms with Gasteiger partial charge in [-0.25, -0.2) is 19.8 Å². The number of amides is 2. The molecule has 0 unspecified atom stereocenters. The molecule has 2 amide bonds. The molecular formula is C25H29N7O2. The molecule has 4 aromatic rings. The van der Waals surface area contributed by atoms with Crippen LogP contribution in [-0.2, 0) is 0 Å². The summed E-state index contributed by atoms with van der Waals surface area (Å²) < 4.78 is 2.05. The second-order valence-corrected chi connectivity index (χ2v) is 9.03. The molecule has 1 aliphatic rings. The molecule has 34 heavy (non-hydrogen) atoms. The second-order valence-electron chi connectivity index (χ2n) is 9.03. The first-order chi connectivity index (χ1) is 16.5.